The van der Waals surface area contributed by atoms with Gasteiger partial charge in [-0.2, -0.15) is 16.9 Å². The molecule has 0 amide bonds. The molecule has 0 spiro atoms. The molecule has 1 heterocycles. The van der Waals surface area contributed by atoms with Gasteiger partial charge >= 0.3 is 0 Å². The van der Waals surface area contributed by atoms with Crippen molar-refractivity contribution >= 4 is 17.5 Å². The minimum atomic E-state index is 0.294. The van der Waals surface area contributed by atoms with Crippen molar-refractivity contribution in [3.63, 3.8) is 0 Å². The third-order valence-corrected chi connectivity index (χ3v) is 2.36. The molecule has 4 heteroatoms. The topological polar surface area (TPSA) is 34.9 Å². The highest BCUT2D eigenvalue weighted by Crippen LogP contribution is 2.03. The van der Waals surface area contributed by atoms with E-state index in [1.54, 1.807) is 22.6 Å². The van der Waals surface area contributed by atoms with Gasteiger partial charge in [0.25, 0.3) is 0 Å². The smallest absolute Gasteiger partial charge is 0.138 e. The number of Topliss-reactive ketones (excluding diaryl/α,β-unsaturated/α-hetero) is 1. The number of thioether (sulfide) groups is 1. The molecule has 1 aromatic heterocycles. The van der Waals surface area contributed by atoms with Crippen molar-refractivity contribution < 1.29 is 4.79 Å². The number of hydrogen-bond acceptors (Lipinski definition) is 3. The van der Waals surface area contributed by atoms with E-state index in [0.29, 0.717) is 18.6 Å². The number of nitrogens with zero attached hydrogens (tertiary/aromatic N) is 2. The van der Waals surface area contributed by atoms with E-state index in [1.165, 1.54) is 0 Å². The zero-order chi connectivity index (χ0) is 9.68. The Morgan fingerprint density at radius 1 is 1.69 bits per heavy atom. The second kappa shape index (κ2) is 5.07. The molecule has 0 aliphatic rings. The second-order valence-corrected chi connectivity index (χ2v) is 3.97. The Morgan fingerprint density at radius 3 is 3.00 bits per heavy atom. The van der Waals surface area contributed by atoms with Crippen LogP contribution in [0, 0.1) is 0 Å². The van der Waals surface area contributed by atoms with Gasteiger partial charge in [-0.3, -0.25) is 9.48 Å². The molecule has 0 unspecified atom stereocenters. The lowest BCUT2D eigenvalue weighted by atomic mass is 10.1. The number of aromatic nitrogens is 2. The maximum atomic E-state index is 11.3. The molecule has 0 radical (unpaired) electrons. The van der Waals surface area contributed by atoms with Crippen LogP contribution in [0.4, 0.5) is 0 Å². The predicted octanol–water partition coefficient (Wildman–Crippen LogP) is 1.28. The van der Waals surface area contributed by atoms with Crippen LogP contribution in [0.3, 0.4) is 0 Å². The van der Waals surface area contributed by atoms with Crippen LogP contribution in [0.5, 0.6) is 0 Å². The molecule has 0 bridgehead atoms. The average molecular weight is 198 g/mol. The van der Waals surface area contributed by atoms with Gasteiger partial charge < -0.3 is 0 Å². The average Bonchev–Trinajstić information content (AvgIpc) is 2.48. The summed E-state index contributed by atoms with van der Waals surface area (Å²) in [5.41, 5.74) is 1.01. The van der Waals surface area contributed by atoms with Crippen molar-refractivity contribution in [2.45, 2.75) is 12.8 Å². The third-order valence-electron chi connectivity index (χ3n) is 1.74. The SMILES string of the molecule is CSCCC(=O)Cc1cnn(C)c1. The molecular formula is C9H14N2OS. The first-order valence-electron chi connectivity index (χ1n) is 4.20. The van der Waals surface area contributed by atoms with Crippen molar-refractivity contribution in [1.29, 1.82) is 0 Å². The molecule has 1 rings (SSSR count). The maximum absolute atomic E-state index is 11.3. The first kappa shape index (κ1) is 10.3. The van der Waals surface area contributed by atoms with Gasteiger partial charge in [-0.15, -0.1) is 0 Å². The molecule has 0 aliphatic carbocycles. The lowest BCUT2D eigenvalue weighted by Gasteiger charge is -1.95. The van der Waals surface area contributed by atoms with E-state index in [2.05, 4.69) is 5.10 Å². The Morgan fingerprint density at radius 2 is 2.46 bits per heavy atom. The molecular weight excluding hydrogens is 184 g/mol. The molecule has 0 saturated heterocycles. The Balaban J connectivity index is 2.36. The zero-order valence-corrected chi connectivity index (χ0v) is 8.80. The van der Waals surface area contributed by atoms with E-state index >= 15 is 0 Å². The Hall–Kier alpha value is -0.770. The normalized spacial score (nSPS) is 10.3. The van der Waals surface area contributed by atoms with Gasteiger partial charge in [-0.25, -0.2) is 0 Å². The molecule has 0 aromatic carbocycles. The minimum Gasteiger partial charge on any atom is -0.299 e. The summed E-state index contributed by atoms with van der Waals surface area (Å²) >= 11 is 1.70. The lowest BCUT2D eigenvalue weighted by molar-refractivity contribution is -0.118. The van der Waals surface area contributed by atoms with E-state index in [-0.39, 0.29) is 0 Å². The van der Waals surface area contributed by atoms with Crippen LogP contribution in [-0.2, 0) is 18.3 Å². The summed E-state index contributed by atoms with van der Waals surface area (Å²) in [4.78, 5) is 11.3. The molecule has 13 heavy (non-hydrogen) atoms. The zero-order valence-electron chi connectivity index (χ0n) is 7.99. The summed E-state index contributed by atoms with van der Waals surface area (Å²) in [7, 11) is 1.86. The quantitative estimate of drug-likeness (QED) is 0.715. The first-order valence-corrected chi connectivity index (χ1v) is 5.60. The van der Waals surface area contributed by atoms with Gasteiger partial charge in [0.2, 0.25) is 0 Å². The monoisotopic (exact) mass is 198 g/mol. The van der Waals surface area contributed by atoms with Crippen LogP contribution in [0.15, 0.2) is 12.4 Å². The van der Waals surface area contributed by atoms with Gasteiger partial charge in [0, 0.05) is 26.1 Å². The largest absolute Gasteiger partial charge is 0.299 e. The van der Waals surface area contributed by atoms with Crippen LogP contribution in [0.2, 0.25) is 0 Å². The highest BCUT2D eigenvalue weighted by molar-refractivity contribution is 7.98. The molecule has 1 aromatic rings. The van der Waals surface area contributed by atoms with Gasteiger partial charge in [0.05, 0.1) is 6.20 Å². The molecule has 3 nitrogen and oxygen atoms in total. The predicted molar refractivity (Wildman–Crippen MR) is 54.9 cm³/mol. The van der Waals surface area contributed by atoms with E-state index in [4.69, 9.17) is 0 Å². The summed E-state index contributed by atoms with van der Waals surface area (Å²) in [5, 5.41) is 4.01. The van der Waals surface area contributed by atoms with E-state index < -0.39 is 0 Å². The molecule has 72 valence electrons. The number of aryl methyl sites for hydroxylation is 1. The fourth-order valence-electron chi connectivity index (χ4n) is 1.10. The molecule has 0 N–H and O–H groups in total. The van der Waals surface area contributed by atoms with Crippen molar-refractivity contribution in [3.05, 3.63) is 18.0 Å². The maximum Gasteiger partial charge on any atom is 0.138 e. The number of hydrogen-bond donors (Lipinski definition) is 0. The van der Waals surface area contributed by atoms with Crippen LogP contribution in [0.25, 0.3) is 0 Å². The summed E-state index contributed by atoms with van der Waals surface area (Å²) in [5.74, 6) is 1.21. The molecule has 0 saturated carbocycles. The second-order valence-electron chi connectivity index (χ2n) is 2.98. The first-order chi connectivity index (χ1) is 6.22. The summed E-state index contributed by atoms with van der Waals surface area (Å²) in [6, 6.07) is 0. The van der Waals surface area contributed by atoms with Crippen molar-refractivity contribution in [2.24, 2.45) is 7.05 Å². The molecule has 0 fully saturated rings. The van der Waals surface area contributed by atoms with E-state index in [9.17, 15) is 4.79 Å². The van der Waals surface area contributed by atoms with Crippen molar-refractivity contribution in [1.82, 2.24) is 9.78 Å². The molecule has 0 atom stereocenters. The number of carbonyl (C=O) groups is 1. The van der Waals surface area contributed by atoms with Gasteiger partial charge in [0.1, 0.15) is 5.78 Å². The van der Waals surface area contributed by atoms with Crippen LogP contribution in [-0.4, -0.2) is 27.6 Å². The number of rotatable bonds is 5. The number of carbonyl (C=O) groups excluding carboxylic acids is 1. The van der Waals surface area contributed by atoms with Crippen LogP contribution < -0.4 is 0 Å². The van der Waals surface area contributed by atoms with Crippen molar-refractivity contribution in [3.8, 4) is 0 Å². The van der Waals surface area contributed by atoms with Crippen LogP contribution in [0.1, 0.15) is 12.0 Å². The standard InChI is InChI=1S/C9H14N2OS/c1-11-7-8(6-10-11)5-9(12)3-4-13-2/h6-7H,3-5H2,1-2H3. The Labute approximate surface area is 82.5 Å². The Bertz CT molecular complexity index is 283. The lowest BCUT2D eigenvalue weighted by Crippen LogP contribution is -2.02. The van der Waals surface area contributed by atoms with Gasteiger partial charge in [0.15, 0.2) is 0 Å². The van der Waals surface area contributed by atoms with Crippen LogP contribution >= 0.6 is 11.8 Å². The van der Waals surface area contributed by atoms with E-state index in [0.717, 1.165) is 11.3 Å². The Kier molecular flexibility index (Phi) is 4.02. The summed E-state index contributed by atoms with van der Waals surface area (Å²) in [6.45, 7) is 0. The van der Waals surface area contributed by atoms with Gasteiger partial charge in [-0.1, -0.05) is 0 Å². The fraction of sp³-hybridized carbons (Fsp3) is 0.556. The van der Waals surface area contributed by atoms with E-state index in [1.807, 2.05) is 19.5 Å². The minimum absolute atomic E-state index is 0.294. The number of ketones is 1. The summed E-state index contributed by atoms with van der Waals surface area (Å²) in [6.07, 6.45) is 6.83. The van der Waals surface area contributed by atoms with Gasteiger partial charge in [-0.05, 0) is 17.6 Å². The summed E-state index contributed by atoms with van der Waals surface area (Å²) < 4.78 is 1.72. The fourth-order valence-corrected chi connectivity index (χ4v) is 1.53. The molecule has 0 aliphatic heterocycles. The highest BCUT2D eigenvalue weighted by atomic mass is 32.2. The van der Waals surface area contributed by atoms with Crippen molar-refractivity contribution in [2.75, 3.05) is 12.0 Å². The highest BCUT2D eigenvalue weighted by Gasteiger charge is 2.04. The third kappa shape index (κ3) is 3.63.